The van der Waals surface area contributed by atoms with Crippen LogP contribution in [0.25, 0.3) is 10.8 Å². The number of amides is 1. The normalized spacial score (nSPS) is 16.9. The van der Waals surface area contributed by atoms with Gasteiger partial charge in [-0.2, -0.15) is 10.2 Å². The van der Waals surface area contributed by atoms with Crippen LogP contribution in [0.1, 0.15) is 24.5 Å². The van der Waals surface area contributed by atoms with E-state index in [0.717, 1.165) is 37.0 Å². The van der Waals surface area contributed by atoms with E-state index in [4.69, 9.17) is 0 Å². The van der Waals surface area contributed by atoms with Crippen LogP contribution in [0, 0.1) is 0 Å². The lowest BCUT2D eigenvalue weighted by molar-refractivity contribution is -0.121. The summed E-state index contributed by atoms with van der Waals surface area (Å²) in [4.78, 5) is 24.8. The maximum Gasteiger partial charge on any atom is 0.274 e. The molecule has 0 radical (unpaired) electrons. The van der Waals surface area contributed by atoms with E-state index in [-0.39, 0.29) is 18.0 Å². The van der Waals surface area contributed by atoms with E-state index in [2.05, 4.69) is 20.8 Å². The second kappa shape index (κ2) is 8.35. The minimum Gasteiger partial charge on any atom is -0.353 e. The molecule has 28 heavy (non-hydrogen) atoms. The quantitative estimate of drug-likeness (QED) is 0.662. The van der Waals surface area contributed by atoms with Gasteiger partial charge in [-0.1, -0.05) is 18.2 Å². The summed E-state index contributed by atoms with van der Waals surface area (Å²) in [7, 11) is 0. The van der Waals surface area contributed by atoms with Crippen LogP contribution in [-0.2, 0) is 17.9 Å². The summed E-state index contributed by atoms with van der Waals surface area (Å²) >= 11 is 0. The molecule has 1 fully saturated rings. The van der Waals surface area contributed by atoms with E-state index < -0.39 is 0 Å². The van der Waals surface area contributed by atoms with E-state index in [1.165, 1.54) is 4.68 Å². The summed E-state index contributed by atoms with van der Waals surface area (Å²) in [5, 5.41) is 16.2. The zero-order chi connectivity index (χ0) is 19.3. The summed E-state index contributed by atoms with van der Waals surface area (Å²) in [6.45, 7) is 2.82. The Kier molecular flexibility index (Phi) is 5.48. The van der Waals surface area contributed by atoms with E-state index >= 15 is 0 Å². The van der Waals surface area contributed by atoms with Crippen molar-refractivity contribution in [2.75, 3.05) is 19.6 Å². The number of aromatic nitrogens is 4. The number of benzene rings is 1. The summed E-state index contributed by atoms with van der Waals surface area (Å²) in [6, 6.07) is 9.34. The average Bonchev–Trinajstić information content (AvgIpc) is 3.18. The van der Waals surface area contributed by atoms with Crippen LogP contribution in [0.4, 0.5) is 0 Å². The standard InChI is InChI=1S/C20H24N6O2/c27-19(14-26-18(7-9-23-26)16-5-3-8-21-12-16)22-10-11-25-20(28)17-6-2-1-4-15(17)13-24-25/h1-2,4,6-7,9,13,16,21H,3,5,8,10-12,14H2,(H,22,27)/t16-/m1/s1. The second-order valence-corrected chi connectivity index (χ2v) is 7.07. The van der Waals surface area contributed by atoms with Crippen molar-refractivity contribution in [1.29, 1.82) is 0 Å². The number of fused-ring (bicyclic) bond motifs is 1. The van der Waals surface area contributed by atoms with Crippen LogP contribution < -0.4 is 16.2 Å². The van der Waals surface area contributed by atoms with Gasteiger partial charge in [-0.05, 0) is 31.5 Å². The van der Waals surface area contributed by atoms with Crippen LogP contribution in [0.5, 0.6) is 0 Å². The Morgan fingerprint density at radius 3 is 2.96 bits per heavy atom. The first-order valence-electron chi connectivity index (χ1n) is 9.66. The second-order valence-electron chi connectivity index (χ2n) is 7.07. The Balaban J connectivity index is 1.34. The highest BCUT2D eigenvalue weighted by Crippen LogP contribution is 2.22. The minimum absolute atomic E-state index is 0.123. The number of hydrogen-bond donors (Lipinski definition) is 2. The first-order chi connectivity index (χ1) is 13.7. The Morgan fingerprint density at radius 1 is 1.21 bits per heavy atom. The lowest BCUT2D eigenvalue weighted by Crippen LogP contribution is -2.35. The van der Waals surface area contributed by atoms with Gasteiger partial charge in [0.15, 0.2) is 0 Å². The van der Waals surface area contributed by atoms with Crippen molar-refractivity contribution in [3.63, 3.8) is 0 Å². The number of carbonyl (C=O) groups is 1. The molecule has 4 rings (SSSR count). The Labute approximate surface area is 162 Å². The van der Waals surface area contributed by atoms with Gasteiger partial charge in [0.05, 0.1) is 18.1 Å². The van der Waals surface area contributed by atoms with Gasteiger partial charge in [0, 0.05) is 36.3 Å². The lowest BCUT2D eigenvalue weighted by Gasteiger charge is -2.23. The smallest absolute Gasteiger partial charge is 0.274 e. The third-order valence-corrected chi connectivity index (χ3v) is 5.17. The monoisotopic (exact) mass is 380 g/mol. The van der Waals surface area contributed by atoms with Gasteiger partial charge >= 0.3 is 0 Å². The average molecular weight is 380 g/mol. The van der Waals surface area contributed by atoms with Crippen LogP contribution in [-0.4, -0.2) is 45.1 Å². The van der Waals surface area contributed by atoms with Crippen molar-refractivity contribution in [2.24, 2.45) is 0 Å². The molecule has 2 aromatic heterocycles. The van der Waals surface area contributed by atoms with Crippen LogP contribution in [0.2, 0.25) is 0 Å². The predicted molar refractivity (Wildman–Crippen MR) is 106 cm³/mol. The fourth-order valence-electron chi connectivity index (χ4n) is 3.71. The molecular formula is C20H24N6O2. The Bertz CT molecular complexity index is 1020. The zero-order valence-corrected chi connectivity index (χ0v) is 15.7. The molecule has 8 heteroatoms. The molecule has 146 valence electrons. The molecule has 0 aliphatic carbocycles. The summed E-state index contributed by atoms with van der Waals surface area (Å²) in [6.07, 6.45) is 5.66. The van der Waals surface area contributed by atoms with Gasteiger partial charge in [-0.15, -0.1) is 0 Å². The van der Waals surface area contributed by atoms with Gasteiger partial charge < -0.3 is 10.6 Å². The highest BCUT2D eigenvalue weighted by Gasteiger charge is 2.19. The lowest BCUT2D eigenvalue weighted by atomic mass is 9.96. The maximum absolute atomic E-state index is 12.4. The van der Waals surface area contributed by atoms with Gasteiger partial charge in [0.25, 0.3) is 5.56 Å². The number of carbonyl (C=O) groups excluding carboxylic acids is 1. The molecule has 0 bridgehead atoms. The zero-order valence-electron chi connectivity index (χ0n) is 15.7. The largest absolute Gasteiger partial charge is 0.353 e. The highest BCUT2D eigenvalue weighted by atomic mass is 16.2. The summed E-state index contributed by atoms with van der Waals surface area (Å²) in [5.74, 6) is 0.270. The van der Waals surface area contributed by atoms with E-state index in [9.17, 15) is 9.59 Å². The van der Waals surface area contributed by atoms with E-state index in [0.29, 0.717) is 24.4 Å². The molecule has 3 aromatic rings. The molecule has 0 unspecified atom stereocenters. The third-order valence-electron chi connectivity index (χ3n) is 5.17. The molecule has 0 saturated carbocycles. The van der Waals surface area contributed by atoms with Crippen molar-refractivity contribution in [3.8, 4) is 0 Å². The molecular weight excluding hydrogens is 356 g/mol. The van der Waals surface area contributed by atoms with Crippen molar-refractivity contribution in [2.45, 2.75) is 31.8 Å². The molecule has 0 spiro atoms. The summed E-state index contributed by atoms with van der Waals surface area (Å²) in [5.41, 5.74) is 0.946. The molecule has 1 amide bonds. The topological polar surface area (TPSA) is 93.8 Å². The SMILES string of the molecule is O=C(Cn1nccc1[C@@H]1CCCNC1)NCCn1ncc2ccccc2c1=O. The van der Waals surface area contributed by atoms with Crippen LogP contribution in [0.15, 0.2) is 47.5 Å². The first-order valence-corrected chi connectivity index (χ1v) is 9.66. The van der Waals surface area contributed by atoms with Crippen molar-refractivity contribution in [3.05, 3.63) is 58.8 Å². The first kappa shape index (κ1) is 18.4. The van der Waals surface area contributed by atoms with Crippen LogP contribution >= 0.6 is 0 Å². The van der Waals surface area contributed by atoms with Gasteiger partial charge in [-0.25, -0.2) is 4.68 Å². The molecule has 1 atom stereocenters. The highest BCUT2D eigenvalue weighted by molar-refractivity contribution is 5.80. The fourth-order valence-corrected chi connectivity index (χ4v) is 3.71. The van der Waals surface area contributed by atoms with Crippen molar-refractivity contribution in [1.82, 2.24) is 30.2 Å². The molecule has 1 aliphatic rings. The number of hydrogen-bond acceptors (Lipinski definition) is 5. The molecule has 1 aliphatic heterocycles. The molecule has 1 aromatic carbocycles. The van der Waals surface area contributed by atoms with E-state index in [1.807, 2.05) is 24.3 Å². The van der Waals surface area contributed by atoms with Gasteiger partial charge in [0.2, 0.25) is 5.91 Å². The number of piperidine rings is 1. The number of nitrogens with one attached hydrogen (secondary N) is 2. The van der Waals surface area contributed by atoms with E-state index in [1.54, 1.807) is 23.1 Å². The van der Waals surface area contributed by atoms with Gasteiger partial charge in [-0.3, -0.25) is 14.3 Å². The minimum atomic E-state index is -0.147. The fraction of sp³-hybridized carbons (Fsp3) is 0.400. The maximum atomic E-state index is 12.4. The van der Waals surface area contributed by atoms with Crippen molar-refractivity contribution < 1.29 is 4.79 Å². The number of rotatable bonds is 6. The molecule has 8 nitrogen and oxygen atoms in total. The number of nitrogens with zero attached hydrogens (tertiary/aromatic N) is 4. The predicted octanol–water partition coefficient (Wildman–Crippen LogP) is 0.876. The third kappa shape index (κ3) is 3.96. The van der Waals surface area contributed by atoms with Gasteiger partial charge in [0.1, 0.15) is 6.54 Å². The molecule has 2 N–H and O–H groups in total. The molecule has 3 heterocycles. The Hall–Kier alpha value is -3.00. The molecule has 1 saturated heterocycles. The van der Waals surface area contributed by atoms with Crippen LogP contribution in [0.3, 0.4) is 0 Å². The Morgan fingerprint density at radius 2 is 2.11 bits per heavy atom. The van der Waals surface area contributed by atoms with Crippen molar-refractivity contribution >= 4 is 16.7 Å². The summed E-state index contributed by atoms with van der Waals surface area (Å²) < 4.78 is 3.16.